The van der Waals surface area contributed by atoms with Crippen LogP contribution in [0.2, 0.25) is 0 Å². The summed E-state index contributed by atoms with van der Waals surface area (Å²) in [5.41, 5.74) is -0.773. The van der Waals surface area contributed by atoms with Gasteiger partial charge in [-0.2, -0.15) is 0 Å². The summed E-state index contributed by atoms with van der Waals surface area (Å²) >= 11 is 3.80. The zero-order valence-electron chi connectivity index (χ0n) is 9.62. The van der Waals surface area contributed by atoms with E-state index in [1.807, 2.05) is 0 Å². The molecule has 104 valence electrons. The van der Waals surface area contributed by atoms with Gasteiger partial charge in [-0.25, -0.2) is 13.6 Å². The van der Waals surface area contributed by atoms with Crippen molar-refractivity contribution in [1.82, 2.24) is 0 Å². The number of hydrogen-bond donors (Lipinski definition) is 2. The second kappa shape index (κ2) is 5.68. The van der Waals surface area contributed by atoms with Crippen molar-refractivity contribution < 1.29 is 23.5 Å². The van der Waals surface area contributed by atoms with E-state index >= 15 is 0 Å². The summed E-state index contributed by atoms with van der Waals surface area (Å²) in [5, 5.41) is 12.5. The fourth-order valence-corrected chi connectivity index (χ4v) is 2.61. The van der Waals surface area contributed by atoms with Gasteiger partial charge >= 0.3 is 5.97 Å². The summed E-state index contributed by atoms with van der Waals surface area (Å²) < 4.78 is 27.4. The molecule has 1 aromatic carbocycles. The number of carboxylic acids is 1. The molecule has 0 aliphatic rings. The number of nitrogens with one attached hydrogen (secondary N) is 1. The Balaban J connectivity index is 2.34. The molecule has 0 bridgehead atoms. The van der Waals surface area contributed by atoms with E-state index in [2.05, 4.69) is 21.2 Å². The van der Waals surface area contributed by atoms with Gasteiger partial charge in [0.1, 0.15) is 22.1 Å². The van der Waals surface area contributed by atoms with Gasteiger partial charge < -0.3 is 10.4 Å². The largest absolute Gasteiger partial charge is 0.477 e. The van der Waals surface area contributed by atoms with E-state index in [9.17, 15) is 18.4 Å². The van der Waals surface area contributed by atoms with Crippen molar-refractivity contribution in [3.63, 3.8) is 0 Å². The van der Waals surface area contributed by atoms with Gasteiger partial charge in [-0.15, -0.1) is 11.3 Å². The number of halogens is 3. The monoisotopic (exact) mass is 361 g/mol. The minimum Gasteiger partial charge on any atom is -0.477 e. The van der Waals surface area contributed by atoms with Gasteiger partial charge in [-0.05, 0) is 23.6 Å². The molecule has 0 spiro atoms. The van der Waals surface area contributed by atoms with Crippen LogP contribution < -0.4 is 5.32 Å². The predicted octanol–water partition coefficient (Wildman–Crippen LogP) is 3.74. The lowest BCUT2D eigenvalue weighted by Gasteiger charge is -2.07. The van der Waals surface area contributed by atoms with Crippen molar-refractivity contribution >= 4 is 44.8 Å². The third kappa shape index (κ3) is 2.86. The number of carbonyl (C=O) groups excluding carboxylic acids is 1. The molecule has 0 radical (unpaired) electrons. The normalized spacial score (nSPS) is 10.3. The second-order valence-corrected chi connectivity index (χ2v) is 5.50. The average Bonchev–Trinajstić information content (AvgIpc) is 2.75. The van der Waals surface area contributed by atoms with Gasteiger partial charge in [0, 0.05) is 4.47 Å². The highest BCUT2D eigenvalue weighted by molar-refractivity contribution is 9.10. The van der Waals surface area contributed by atoms with Gasteiger partial charge in [0.05, 0.1) is 5.69 Å². The van der Waals surface area contributed by atoms with Crippen LogP contribution in [0.1, 0.15) is 20.0 Å². The molecular formula is C12H6BrF2NO3S. The molecule has 1 amide bonds. The fourth-order valence-electron chi connectivity index (χ4n) is 1.52. The lowest BCUT2D eigenvalue weighted by molar-refractivity contribution is 0.0703. The quantitative estimate of drug-likeness (QED) is 0.874. The topological polar surface area (TPSA) is 66.4 Å². The number of carbonyl (C=O) groups is 2. The Labute approximate surface area is 124 Å². The summed E-state index contributed by atoms with van der Waals surface area (Å²) in [4.78, 5) is 22.6. The molecule has 4 nitrogen and oxygen atoms in total. The van der Waals surface area contributed by atoms with Crippen LogP contribution in [0, 0.1) is 11.6 Å². The van der Waals surface area contributed by atoms with Crippen molar-refractivity contribution in [2.45, 2.75) is 0 Å². The highest BCUT2D eigenvalue weighted by atomic mass is 79.9. The van der Waals surface area contributed by atoms with E-state index in [-0.39, 0.29) is 15.0 Å². The Morgan fingerprint density at radius 1 is 1.25 bits per heavy atom. The van der Waals surface area contributed by atoms with Crippen molar-refractivity contribution in [2.24, 2.45) is 0 Å². The Bertz CT molecular complexity index is 679. The molecule has 2 rings (SSSR count). The van der Waals surface area contributed by atoms with Crippen molar-refractivity contribution in [3.05, 3.63) is 50.1 Å². The van der Waals surface area contributed by atoms with E-state index in [4.69, 9.17) is 5.11 Å². The molecule has 2 N–H and O–H groups in total. The van der Waals surface area contributed by atoms with E-state index < -0.39 is 29.1 Å². The van der Waals surface area contributed by atoms with Crippen molar-refractivity contribution in [3.8, 4) is 0 Å². The van der Waals surface area contributed by atoms with E-state index in [0.717, 1.165) is 23.5 Å². The lowest BCUT2D eigenvalue weighted by atomic mass is 10.2. The molecule has 2 aromatic rings. The van der Waals surface area contributed by atoms with Crippen LogP contribution in [0.4, 0.5) is 14.5 Å². The number of anilines is 1. The van der Waals surface area contributed by atoms with Crippen molar-refractivity contribution in [2.75, 3.05) is 5.32 Å². The number of carboxylic acid groups (broad SMARTS) is 1. The minimum atomic E-state index is -1.23. The first-order valence-electron chi connectivity index (χ1n) is 5.17. The van der Waals surface area contributed by atoms with Gasteiger partial charge in [-0.1, -0.05) is 15.9 Å². The molecule has 0 aliphatic carbocycles. The zero-order chi connectivity index (χ0) is 14.9. The smallest absolute Gasteiger partial charge is 0.348 e. The second-order valence-electron chi connectivity index (χ2n) is 3.67. The fraction of sp³-hybridized carbons (Fsp3) is 0. The Kier molecular flexibility index (Phi) is 4.15. The van der Waals surface area contributed by atoms with E-state index in [1.165, 1.54) is 11.4 Å². The third-order valence-corrected chi connectivity index (χ3v) is 3.70. The van der Waals surface area contributed by atoms with Crippen LogP contribution in [0.5, 0.6) is 0 Å². The molecule has 0 unspecified atom stereocenters. The first-order chi connectivity index (χ1) is 9.40. The average molecular weight is 362 g/mol. The van der Waals surface area contributed by atoms with Crippen LogP contribution in [-0.2, 0) is 0 Å². The first kappa shape index (κ1) is 14.6. The van der Waals surface area contributed by atoms with Crippen LogP contribution in [0.25, 0.3) is 0 Å². The zero-order valence-corrected chi connectivity index (χ0v) is 12.0. The number of benzene rings is 1. The SMILES string of the molecule is O=C(O)c1sccc1NC(=O)c1c(F)cc(Br)cc1F. The van der Waals surface area contributed by atoms with E-state index in [0.29, 0.717) is 0 Å². The Morgan fingerprint density at radius 3 is 2.40 bits per heavy atom. The molecule has 0 atom stereocenters. The van der Waals surface area contributed by atoms with Crippen molar-refractivity contribution in [1.29, 1.82) is 0 Å². The molecule has 0 saturated carbocycles. The molecule has 1 heterocycles. The number of rotatable bonds is 3. The minimum absolute atomic E-state index is 0.00535. The Hall–Kier alpha value is -1.80. The highest BCUT2D eigenvalue weighted by Crippen LogP contribution is 2.25. The summed E-state index contributed by atoms with van der Waals surface area (Å²) in [6.45, 7) is 0. The molecule has 1 aromatic heterocycles. The van der Waals surface area contributed by atoms with Gasteiger partial charge in [0.2, 0.25) is 0 Å². The van der Waals surface area contributed by atoms with Crippen LogP contribution in [-0.4, -0.2) is 17.0 Å². The summed E-state index contributed by atoms with van der Waals surface area (Å²) in [7, 11) is 0. The molecular weight excluding hydrogens is 356 g/mol. The highest BCUT2D eigenvalue weighted by Gasteiger charge is 2.21. The third-order valence-electron chi connectivity index (χ3n) is 2.34. The molecule has 8 heteroatoms. The van der Waals surface area contributed by atoms with Crippen LogP contribution in [0.15, 0.2) is 28.1 Å². The summed E-state index contributed by atoms with van der Waals surface area (Å²) in [6.07, 6.45) is 0. The predicted molar refractivity (Wildman–Crippen MR) is 73.3 cm³/mol. The maximum absolute atomic E-state index is 13.6. The molecule has 0 aliphatic heterocycles. The molecule has 0 saturated heterocycles. The lowest BCUT2D eigenvalue weighted by Crippen LogP contribution is -2.17. The number of thiophene rings is 1. The number of amides is 1. The first-order valence-corrected chi connectivity index (χ1v) is 6.84. The molecule has 0 fully saturated rings. The van der Waals surface area contributed by atoms with E-state index in [1.54, 1.807) is 0 Å². The number of aromatic carboxylic acids is 1. The van der Waals surface area contributed by atoms with Gasteiger partial charge in [-0.3, -0.25) is 4.79 Å². The van der Waals surface area contributed by atoms with Gasteiger partial charge in [0.15, 0.2) is 0 Å². The maximum Gasteiger partial charge on any atom is 0.348 e. The van der Waals surface area contributed by atoms with Crippen LogP contribution >= 0.6 is 27.3 Å². The standard InChI is InChI=1S/C12H6BrF2NO3S/c13-5-3-6(14)9(7(15)4-5)11(17)16-8-1-2-20-10(8)12(18)19/h1-4H,(H,16,17)(H,18,19). The van der Waals surface area contributed by atoms with Crippen LogP contribution in [0.3, 0.4) is 0 Å². The Morgan fingerprint density at radius 2 is 1.85 bits per heavy atom. The van der Waals surface area contributed by atoms with Gasteiger partial charge in [0.25, 0.3) is 5.91 Å². The maximum atomic E-state index is 13.6. The molecule has 20 heavy (non-hydrogen) atoms. The summed E-state index contributed by atoms with van der Waals surface area (Å²) in [6, 6.07) is 3.24. The summed E-state index contributed by atoms with van der Waals surface area (Å²) in [5.74, 6) is -4.36. The number of hydrogen-bond acceptors (Lipinski definition) is 3.